The third-order valence-electron chi connectivity index (χ3n) is 7.39. The fourth-order valence-electron chi connectivity index (χ4n) is 5.24. The van der Waals surface area contributed by atoms with Gasteiger partial charge in [0.25, 0.3) is 5.91 Å². The van der Waals surface area contributed by atoms with Crippen LogP contribution in [0, 0.1) is 5.82 Å². The number of anilines is 1. The maximum atomic E-state index is 13.5. The number of rotatable bonds is 6. The number of pyridine rings is 2. The summed E-state index contributed by atoms with van der Waals surface area (Å²) in [7, 11) is 0. The van der Waals surface area contributed by atoms with Gasteiger partial charge in [-0.25, -0.2) is 19.3 Å². The van der Waals surface area contributed by atoms with Crippen LogP contribution in [0.1, 0.15) is 27.0 Å². The van der Waals surface area contributed by atoms with E-state index in [1.807, 2.05) is 53.1 Å². The van der Waals surface area contributed by atoms with Crippen molar-refractivity contribution in [2.75, 3.05) is 5.73 Å². The molecule has 3 aromatic carbocycles. The van der Waals surface area contributed by atoms with E-state index in [1.54, 1.807) is 12.3 Å². The topological polar surface area (TPSA) is 98.7 Å². The monoisotopic (exact) mass is 552 g/mol. The Morgan fingerprint density at radius 1 is 0.952 bits per heavy atom. The first-order valence-corrected chi connectivity index (χ1v) is 13.6. The summed E-state index contributed by atoms with van der Waals surface area (Å²) in [6.45, 7) is 0.290. The molecule has 1 aliphatic rings. The van der Waals surface area contributed by atoms with E-state index >= 15 is 0 Å². The number of nitrogens with one attached hydrogen (secondary N) is 1. The van der Waals surface area contributed by atoms with E-state index in [0.717, 1.165) is 34.4 Å². The van der Waals surface area contributed by atoms with Gasteiger partial charge >= 0.3 is 0 Å². The molecule has 8 heteroatoms. The Bertz CT molecular complexity index is 2010. The standard InChI is InChI=1S/C34H25FN6O/c35-26-7-2-6-25(19-26)34(42)38-20-21-9-13-27(14-10-21)41-32(28-8-3-17-37-31(28)36)40-30-16-15-29(39-33(30)41)24-12-11-22-4-1-5-23(22)18-24/h1-4,6-19H,5,20H2,(H2,36,37)(H,38,42). The average Bonchev–Trinajstić information content (AvgIpc) is 3.64. The quantitative estimate of drug-likeness (QED) is 0.250. The van der Waals surface area contributed by atoms with Gasteiger partial charge in [-0.2, -0.15) is 0 Å². The number of amides is 1. The van der Waals surface area contributed by atoms with Crippen molar-refractivity contribution in [3.63, 3.8) is 0 Å². The van der Waals surface area contributed by atoms with E-state index in [0.29, 0.717) is 22.9 Å². The number of halogens is 1. The number of imidazole rings is 1. The van der Waals surface area contributed by atoms with Crippen LogP contribution in [0.2, 0.25) is 0 Å². The molecule has 0 unspecified atom stereocenters. The number of fused-ring (bicyclic) bond motifs is 2. The molecule has 7 rings (SSSR count). The molecule has 3 aromatic heterocycles. The first-order chi connectivity index (χ1) is 20.5. The van der Waals surface area contributed by atoms with Gasteiger partial charge in [-0.3, -0.25) is 9.36 Å². The Balaban J connectivity index is 1.26. The predicted octanol–water partition coefficient (Wildman–Crippen LogP) is 6.37. The number of hydrogen-bond donors (Lipinski definition) is 2. The zero-order valence-corrected chi connectivity index (χ0v) is 22.5. The molecule has 0 bridgehead atoms. The van der Waals surface area contributed by atoms with Crippen molar-refractivity contribution in [2.24, 2.45) is 0 Å². The zero-order chi connectivity index (χ0) is 28.6. The van der Waals surface area contributed by atoms with Crippen LogP contribution in [-0.2, 0) is 13.0 Å². The third kappa shape index (κ3) is 4.69. The lowest BCUT2D eigenvalue weighted by Gasteiger charge is -2.12. The number of hydrogen-bond acceptors (Lipinski definition) is 5. The van der Waals surface area contributed by atoms with Crippen molar-refractivity contribution in [2.45, 2.75) is 13.0 Å². The first kappa shape index (κ1) is 25.3. The van der Waals surface area contributed by atoms with Gasteiger partial charge in [-0.15, -0.1) is 0 Å². The molecule has 6 aromatic rings. The minimum Gasteiger partial charge on any atom is -0.383 e. The van der Waals surface area contributed by atoms with Gasteiger partial charge < -0.3 is 11.1 Å². The number of nitrogens with two attached hydrogens (primary N) is 1. The van der Waals surface area contributed by atoms with Crippen molar-refractivity contribution in [1.29, 1.82) is 0 Å². The second-order valence-electron chi connectivity index (χ2n) is 10.1. The molecule has 0 atom stereocenters. The van der Waals surface area contributed by atoms with E-state index in [-0.39, 0.29) is 18.0 Å². The summed E-state index contributed by atoms with van der Waals surface area (Å²) >= 11 is 0. The van der Waals surface area contributed by atoms with Crippen LogP contribution >= 0.6 is 0 Å². The molecule has 204 valence electrons. The van der Waals surface area contributed by atoms with Crippen LogP contribution in [-0.4, -0.2) is 25.4 Å². The lowest BCUT2D eigenvalue weighted by molar-refractivity contribution is 0.0950. The van der Waals surface area contributed by atoms with Crippen LogP contribution in [0.3, 0.4) is 0 Å². The zero-order valence-electron chi connectivity index (χ0n) is 22.5. The number of aromatic nitrogens is 4. The van der Waals surface area contributed by atoms with Gasteiger partial charge in [0.2, 0.25) is 0 Å². The fourth-order valence-corrected chi connectivity index (χ4v) is 5.24. The third-order valence-corrected chi connectivity index (χ3v) is 7.39. The summed E-state index contributed by atoms with van der Waals surface area (Å²) < 4.78 is 15.5. The summed E-state index contributed by atoms with van der Waals surface area (Å²) in [5.41, 5.74) is 14.8. The first-order valence-electron chi connectivity index (χ1n) is 13.6. The van der Waals surface area contributed by atoms with Gasteiger partial charge in [0.15, 0.2) is 11.5 Å². The minimum atomic E-state index is -0.449. The maximum absolute atomic E-state index is 13.5. The maximum Gasteiger partial charge on any atom is 0.251 e. The lowest BCUT2D eigenvalue weighted by Crippen LogP contribution is -2.22. The second kappa shape index (κ2) is 10.4. The molecule has 0 aliphatic heterocycles. The van der Waals surface area contributed by atoms with E-state index < -0.39 is 5.82 Å². The second-order valence-corrected chi connectivity index (χ2v) is 10.1. The molecular formula is C34H25FN6O. The summed E-state index contributed by atoms with van der Waals surface area (Å²) in [4.78, 5) is 26.8. The van der Waals surface area contributed by atoms with Gasteiger partial charge in [-0.1, -0.05) is 42.5 Å². The molecule has 0 saturated carbocycles. The Morgan fingerprint density at radius 2 is 1.83 bits per heavy atom. The van der Waals surface area contributed by atoms with Crippen LogP contribution in [0.15, 0.2) is 103 Å². The Kier molecular flexibility index (Phi) is 6.28. The fraction of sp³-hybridized carbons (Fsp3) is 0.0588. The lowest BCUT2D eigenvalue weighted by atomic mass is 10.0. The molecule has 0 spiro atoms. The summed E-state index contributed by atoms with van der Waals surface area (Å²) in [5.74, 6) is 0.213. The Labute approximate surface area is 241 Å². The van der Waals surface area contributed by atoms with Gasteiger partial charge in [0, 0.05) is 29.6 Å². The van der Waals surface area contributed by atoms with Gasteiger partial charge in [0.05, 0.1) is 11.3 Å². The number of benzene rings is 3. The van der Waals surface area contributed by atoms with Crippen LogP contribution in [0.5, 0.6) is 0 Å². The highest BCUT2D eigenvalue weighted by atomic mass is 19.1. The SMILES string of the molecule is Nc1ncccc1-c1nc2ccc(-c3ccc4c(c3)CC=C4)nc2n1-c1ccc(CNC(=O)c2cccc(F)c2)cc1. The highest BCUT2D eigenvalue weighted by Crippen LogP contribution is 2.32. The van der Waals surface area contributed by atoms with Crippen LogP contribution < -0.4 is 11.1 Å². The number of allylic oxidation sites excluding steroid dienone is 1. The molecule has 7 nitrogen and oxygen atoms in total. The van der Waals surface area contributed by atoms with Crippen molar-refractivity contribution < 1.29 is 9.18 Å². The van der Waals surface area contributed by atoms with Crippen molar-refractivity contribution in [3.8, 4) is 28.3 Å². The van der Waals surface area contributed by atoms with Crippen molar-refractivity contribution >= 4 is 29.0 Å². The summed E-state index contributed by atoms with van der Waals surface area (Å²) in [6, 6.07) is 27.5. The molecule has 1 amide bonds. The van der Waals surface area contributed by atoms with E-state index in [1.165, 1.54) is 29.3 Å². The predicted molar refractivity (Wildman–Crippen MR) is 162 cm³/mol. The average molecular weight is 553 g/mol. The van der Waals surface area contributed by atoms with Gasteiger partial charge in [0.1, 0.15) is 17.2 Å². The van der Waals surface area contributed by atoms with E-state index in [4.69, 9.17) is 15.7 Å². The van der Waals surface area contributed by atoms with Crippen molar-refractivity contribution in [1.82, 2.24) is 24.8 Å². The molecule has 0 fully saturated rings. The highest BCUT2D eigenvalue weighted by molar-refractivity contribution is 5.94. The Morgan fingerprint density at radius 3 is 2.67 bits per heavy atom. The van der Waals surface area contributed by atoms with Crippen molar-refractivity contribution in [3.05, 3.63) is 131 Å². The molecule has 42 heavy (non-hydrogen) atoms. The number of nitrogen functional groups attached to an aromatic ring is 1. The molecular weight excluding hydrogens is 527 g/mol. The molecule has 3 heterocycles. The van der Waals surface area contributed by atoms with Gasteiger partial charge in [-0.05, 0) is 83.8 Å². The molecule has 0 saturated heterocycles. The summed E-state index contributed by atoms with van der Waals surface area (Å²) in [6.07, 6.45) is 6.88. The van der Waals surface area contributed by atoms with E-state index in [2.05, 4.69) is 40.7 Å². The molecule has 0 radical (unpaired) electrons. The number of nitrogens with zero attached hydrogens (tertiary/aromatic N) is 4. The number of carbonyl (C=O) groups is 1. The normalized spacial score (nSPS) is 12.0. The summed E-state index contributed by atoms with van der Waals surface area (Å²) in [5, 5.41) is 2.85. The molecule has 3 N–H and O–H groups in total. The van der Waals surface area contributed by atoms with E-state index in [9.17, 15) is 9.18 Å². The number of carbonyl (C=O) groups excluding carboxylic acids is 1. The van der Waals surface area contributed by atoms with Crippen LogP contribution in [0.25, 0.3) is 45.6 Å². The highest BCUT2D eigenvalue weighted by Gasteiger charge is 2.19. The molecule has 1 aliphatic carbocycles. The minimum absolute atomic E-state index is 0.275. The van der Waals surface area contributed by atoms with Crippen LogP contribution in [0.4, 0.5) is 10.2 Å². The Hall–Kier alpha value is -5.63. The largest absolute Gasteiger partial charge is 0.383 e. The smallest absolute Gasteiger partial charge is 0.251 e.